The number of fused-ring (bicyclic) bond motifs is 1. The van der Waals surface area contributed by atoms with Crippen LogP contribution in [0.4, 0.5) is 0 Å². The average molecular weight is 424 g/mol. The fourth-order valence-corrected chi connectivity index (χ4v) is 5.12. The lowest BCUT2D eigenvalue weighted by Crippen LogP contribution is -2.37. The molecule has 0 fully saturated rings. The highest BCUT2D eigenvalue weighted by atomic mass is 32.2. The van der Waals surface area contributed by atoms with Gasteiger partial charge < -0.3 is 0 Å². The summed E-state index contributed by atoms with van der Waals surface area (Å²) >= 11 is 0. The number of carbonyl (C=O) groups is 1. The standard InChI is InChI=1S/C23H25N3O3S/c1-16-12-17(2)23(18(3)13-16)30(28,29)26(4)15-22(27)25-24-14-20-10-7-9-19-8-5-6-11-21(19)20/h5-14H,15H2,1-4H3,(H,25,27)/b24-14-. The van der Waals surface area contributed by atoms with Gasteiger partial charge in [0.15, 0.2) is 0 Å². The Morgan fingerprint density at radius 1 is 1.03 bits per heavy atom. The van der Waals surface area contributed by atoms with Crippen molar-refractivity contribution < 1.29 is 13.2 Å². The number of nitrogens with one attached hydrogen (secondary N) is 1. The Morgan fingerprint density at radius 2 is 1.67 bits per heavy atom. The normalized spacial score (nSPS) is 12.0. The largest absolute Gasteiger partial charge is 0.272 e. The fourth-order valence-electron chi connectivity index (χ4n) is 3.59. The summed E-state index contributed by atoms with van der Waals surface area (Å²) in [5, 5.41) is 6.09. The summed E-state index contributed by atoms with van der Waals surface area (Å²) in [7, 11) is -2.41. The van der Waals surface area contributed by atoms with Gasteiger partial charge in [-0.25, -0.2) is 13.8 Å². The lowest BCUT2D eigenvalue weighted by molar-refractivity contribution is -0.121. The van der Waals surface area contributed by atoms with E-state index in [1.165, 1.54) is 7.05 Å². The number of rotatable bonds is 6. The molecular formula is C23H25N3O3S. The first-order chi connectivity index (χ1) is 14.2. The zero-order valence-corrected chi connectivity index (χ0v) is 18.3. The molecule has 0 aromatic heterocycles. The second kappa shape index (κ2) is 8.77. The predicted octanol–water partition coefficient (Wildman–Crippen LogP) is 3.54. The molecule has 0 unspecified atom stereocenters. The van der Waals surface area contributed by atoms with E-state index in [0.29, 0.717) is 11.1 Å². The van der Waals surface area contributed by atoms with E-state index in [2.05, 4.69) is 10.5 Å². The highest BCUT2D eigenvalue weighted by molar-refractivity contribution is 7.89. The van der Waals surface area contributed by atoms with Gasteiger partial charge in [-0.3, -0.25) is 4.79 Å². The molecule has 0 aliphatic rings. The zero-order chi connectivity index (χ0) is 21.9. The Balaban J connectivity index is 1.71. The summed E-state index contributed by atoms with van der Waals surface area (Å²) in [6.07, 6.45) is 1.56. The number of hydrazone groups is 1. The molecule has 0 atom stereocenters. The second-order valence-electron chi connectivity index (χ2n) is 7.35. The lowest BCUT2D eigenvalue weighted by Gasteiger charge is -2.19. The number of benzene rings is 3. The summed E-state index contributed by atoms with van der Waals surface area (Å²) in [5.41, 5.74) is 5.59. The van der Waals surface area contributed by atoms with Gasteiger partial charge in [0.2, 0.25) is 10.0 Å². The summed E-state index contributed by atoms with van der Waals surface area (Å²) in [5.74, 6) is -0.514. The average Bonchev–Trinajstić information content (AvgIpc) is 2.67. The van der Waals surface area contributed by atoms with E-state index in [9.17, 15) is 13.2 Å². The molecule has 0 aliphatic heterocycles. The monoisotopic (exact) mass is 423 g/mol. The van der Waals surface area contributed by atoms with Crippen molar-refractivity contribution in [2.45, 2.75) is 25.7 Å². The lowest BCUT2D eigenvalue weighted by atomic mass is 10.1. The molecule has 3 aromatic rings. The van der Waals surface area contributed by atoms with Gasteiger partial charge in [0, 0.05) is 12.6 Å². The SMILES string of the molecule is Cc1cc(C)c(S(=O)(=O)N(C)CC(=O)N/N=C\c2cccc3ccccc23)c(C)c1. The van der Waals surface area contributed by atoms with Crippen molar-refractivity contribution in [2.24, 2.45) is 5.10 Å². The van der Waals surface area contributed by atoms with Crippen LogP contribution in [-0.4, -0.2) is 38.4 Å². The van der Waals surface area contributed by atoms with Crippen molar-refractivity contribution in [1.82, 2.24) is 9.73 Å². The molecule has 156 valence electrons. The number of carbonyl (C=O) groups excluding carboxylic acids is 1. The van der Waals surface area contributed by atoms with Crippen molar-refractivity contribution in [3.63, 3.8) is 0 Å². The van der Waals surface area contributed by atoms with Gasteiger partial charge in [0.25, 0.3) is 5.91 Å². The highest BCUT2D eigenvalue weighted by Crippen LogP contribution is 2.24. The maximum Gasteiger partial charge on any atom is 0.255 e. The zero-order valence-electron chi connectivity index (χ0n) is 17.5. The second-order valence-corrected chi connectivity index (χ2v) is 9.33. The Bertz CT molecular complexity index is 1210. The molecule has 6 nitrogen and oxygen atoms in total. The van der Waals surface area contributed by atoms with Crippen molar-refractivity contribution in [2.75, 3.05) is 13.6 Å². The minimum atomic E-state index is -3.80. The van der Waals surface area contributed by atoms with E-state index in [1.54, 1.807) is 20.1 Å². The van der Waals surface area contributed by atoms with Crippen molar-refractivity contribution in [1.29, 1.82) is 0 Å². The molecule has 1 N–H and O–H groups in total. The van der Waals surface area contributed by atoms with Crippen LogP contribution in [0.3, 0.4) is 0 Å². The van der Waals surface area contributed by atoms with Crippen LogP contribution in [0.5, 0.6) is 0 Å². The van der Waals surface area contributed by atoms with Crippen molar-refractivity contribution >= 4 is 32.9 Å². The molecule has 0 saturated carbocycles. The number of hydrogen-bond acceptors (Lipinski definition) is 4. The fraction of sp³-hybridized carbons (Fsp3) is 0.217. The summed E-state index contributed by atoms with van der Waals surface area (Å²) in [4.78, 5) is 12.5. The van der Waals surface area contributed by atoms with Crippen molar-refractivity contribution in [3.05, 3.63) is 76.9 Å². The molecular weight excluding hydrogens is 398 g/mol. The first-order valence-corrected chi connectivity index (χ1v) is 11.0. The predicted molar refractivity (Wildman–Crippen MR) is 120 cm³/mol. The minimum absolute atomic E-state index is 0.239. The quantitative estimate of drug-likeness (QED) is 0.487. The van der Waals surface area contributed by atoms with Gasteiger partial charge in [0.1, 0.15) is 0 Å². The third-order valence-corrected chi connectivity index (χ3v) is 6.97. The van der Waals surface area contributed by atoms with Crippen LogP contribution >= 0.6 is 0 Å². The smallest absolute Gasteiger partial charge is 0.255 e. The molecule has 1 amide bonds. The van der Waals surface area contributed by atoms with Crippen LogP contribution in [0, 0.1) is 20.8 Å². The van der Waals surface area contributed by atoms with E-state index in [1.807, 2.05) is 61.5 Å². The van der Waals surface area contributed by atoms with Gasteiger partial charge in [-0.05, 0) is 42.7 Å². The Kier molecular flexibility index (Phi) is 6.34. The highest BCUT2D eigenvalue weighted by Gasteiger charge is 2.26. The van der Waals surface area contributed by atoms with Crippen LogP contribution in [0.15, 0.2) is 64.6 Å². The van der Waals surface area contributed by atoms with Crippen LogP contribution in [0.1, 0.15) is 22.3 Å². The van der Waals surface area contributed by atoms with E-state index in [4.69, 9.17) is 0 Å². The Labute approximate surface area is 177 Å². The van der Waals surface area contributed by atoms with Gasteiger partial charge in [-0.2, -0.15) is 9.41 Å². The number of aryl methyl sites for hydroxylation is 3. The molecule has 7 heteroatoms. The number of nitrogens with zero attached hydrogens (tertiary/aromatic N) is 2. The molecule has 0 radical (unpaired) electrons. The first-order valence-electron chi connectivity index (χ1n) is 9.54. The molecule has 0 saturated heterocycles. The van der Waals surface area contributed by atoms with Crippen LogP contribution < -0.4 is 5.43 Å². The topological polar surface area (TPSA) is 78.8 Å². The summed E-state index contributed by atoms with van der Waals surface area (Å²) in [6.45, 7) is 5.11. The number of likely N-dealkylation sites (N-methyl/N-ethyl adjacent to an activating group) is 1. The Hall–Kier alpha value is -3.03. The number of hydrogen-bond donors (Lipinski definition) is 1. The molecule has 30 heavy (non-hydrogen) atoms. The maximum atomic E-state index is 13.0. The third-order valence-electron chi connectivity index (χ3n) is 4.86. The van der Waals surface area contributed by atoms with E-state index in [-0.39, 0.29) is 11.4 Å². The maximum absolute atomic E-state index is 13.0. The Morgan fingerprint density at radius 3 is 2.37 bits per heavy atom. The van der Waals surface area contributed by atoms with Gasteiger partial charge in [-0.15, -0.1) is 0 Å². The van der Waals surface area contributed by atoms with E-state index in [0.717, 1.165) is 26.2 Å². The molecule has 3 rings (SSSR count). The summed E-state index contributed by atoms with van der Waals surface area (Å²) in [6, 6.07) is 17.3. The third kappa shape index (κ3) is 4.58. The van der Waals surface area contributed by atoms with Gasteiger partial charge >= 0.3 is 0 Å². The number of sulfonamides is 1. The molecule has 0 heterocycles. The number of amides is 1. The molecule has 0 spiro atoms. The molecule has 0 bridgehead atoms. The molecule has 0 aliphatic carbocycles. The molecule has 3 aromatic carbocycles. The minimum Gasteiger partial charge on any atom is -0.272 e. The van der Waals surface area contributed by atoms with E-state index < -0.39 is 15.9 Å². The van der Waals surface area contributed by atoms with Crippen LogP contribution in [0.25, 0.3) is 10.8 Å². The van der Waals surface area contributed by atoms with E-state index >= 15 is 0 Å². The first kappa shape index (κ1) is 21.7. The van der Waals surface area contributed by atoms with Gasteiger partial charge in [-0.1, -0.05) is 60.2 Å². The van der Waals surface area contributed by atoms with Crippen LogP contribution in [-0.2, 0) is 14.8 Å². The summed E-state index contributed by atoms with van der Waals surface area (Å²) < 4.78 is 27.0. The van der Waals surface area contributed by atoms with Crippen LogP contribution in [0.2, 0.25) is 0 Å². The van der Waals surface area contributed by atoms with Crippen molar-refractivity contribution in [3.8, 4) is 0 Å². The van der Waals surface area contributed by atoms with Gasteiger partial charge in [0.05, 0.1) is 17.7 Å².